The minimum absolute atomic E-state index is 0.419. The summed E-state index contributed by atoms with van der Waals surface area (Å²) in [4.78, 5) is 0. The van der Waals surface area contributed by atoms with Crippen LogP contribution in [0.15, 0.2) is 14.1 Å². The Morgan fingerprint density at radius 2 is 1.95 bits per heavy atom. The van der Waals surface area contributed by atoms with Gasteiger partial charge in [-0.05, 0) is 77.9 Å². The first kappa shape index (κ1) is 14.0. The first-order valence-electron chi connectivity index (χ1n) is 6.73. The van der Waals surface area contributed by atoms with Gasteiger partial charge in [-0.3, -0.25) is 0 Å². The number of aryl methyl sites for hydroxylation is 1. The van der Waals surface area contributed by atoms with Crippen LogP contribution in [0, 0.1) is 24.7 Å². The molecule has 1 N–H and O–H groups in total. The van der Waals surface area contributed by atoms with Crippen LogP contribution >= 0.6 is 27.3 Å². The van der Waals surface area contributed by atoms with E-state index >= 15 is 0 Å². The molecule has 0 saturated heterocycles. The van der Waals surface area contributed by atoms with E-state index in [9.17, 15) is 8.42 Å². The SMILES string of the molecule is Cc1cc(S(=O)(=O)NCC(C2CC2)C2CC2)sc1Br. The lowest BCUT2D eigenvalue weighted by molar-refractivity contribution is 0.402. The fourth-order valence-corrected chi connectivity index (χ4v) is 5.95. The zero-order valence-electron chi connectivity index (χ0n) is 10.9. The summed E-state index contributed by atoms with van der Waals surface area (Å²) >= 11 is 4.67. The Kier molecular flexibility index (Phi) is 3.79. The lowest BCUT2D eigenvalue weighted by Crippen LogP contribution is -2.30. The average molecular weight is 364 g/mol. The Morgan fingerprint density at radius 3 is 2.37 bits per heavy atom. The van der Waals surface area contributed by atoms with Crippen molar-refractivity contribution in [2.45, 2.75) is 36.8 Å². The van der Waals surface area contributed by atoms with Crippen molar-refractivity contribution in [1.82, 2.24) is 4.72 Å². The second kappa shape index (κ2) is 5.13. The summed E-state index contributed by atoms with van der Waals surface area (Å²) in [6, 6.07) is 1.74. The quantitative estimate of drug-likeness (QED) is 0.839. The third kappa shape index (κ3) is 3.23. The molecular formula is C13H18BrNO2S2. The van der Waals surface area contributed by atoms with Crippen molar-refractivity contribution in [2.75, 3.05) is 6.54 Å². The monoisotopic (exact) mass is 363 g/mol. The van der Waals surface area contributed by atoms with Gasteiger partial charge in [0.15, 0.2) is 0 Å². The minimum Gasteiger partial charge on any atom is -0.210 e. The predicted molar refractivity (Wildman–Crippen MR) is 80.9 cm³/mol. The molecule has 1 heterocycles. The van der Waals surface area contributed by atoms with E-state index in [1.807, 2.05) is 6.92 Å². The van der Waals surface area contributed by atoms with E-state index < -0.39 is 10.0 Å². The van der Waals surface area contributed by atoms with Crippen LogP contribution in [0.2, 0.25) is 0 Å². The van der Waals surface area contributed by atoms with E-state index in [2.05, 4.69) is 20.7 Å². The smallest absolute Gasteiger partial charge is 0.210 e. The summed E-state index contributed by atoms with van der Waals surface area (Å²) in [5, 5.41) is 0. The molecule has 19 heavy (non-hydrogen) atoms. The van der Waals surface area contributed by atoms with Crippen LogP contribution in [0.5, 0.6) is 0 Å². The third-order valence-electron chi connectivity index (χ3n) is 4.06. The Hall–Kier alpha value is 0.0900. The summed E-state index contributed by atoms with van der Waals surface area (Å²) in [6.45, 7) is 2.53. The van der Waals surface area contributed by atoms with E-state index in [0.29, 0.717) is 16.7 Å². The van der Waals surface area contributed by atoms with Gasteiger partial charge in [-0.1, -0.05) is 0 Å². The van der Waals surface area contributed by atoms with E-state index in [4.69, 9.17) is 0 Å². The molecule has 2 fully saturated rings. The second-order valence-corrected chi connectivity index (χ2v) is 10.1. The molecule has 1 aromatic heterocycles. The highest BCUT2D eigenvalue weighted by Gasteiger charge is 2.41. The van der Waals surface area contributed by atoms with Crippen LogP contribution in [0.4, 0.5) is 0 Å². The number of hydrogen-bond donors (Lipinski definition) is 1. The van der Waals surface area contributed by atoms with Crippen molar-refractivity contribution >= 4 is 37.3 Å². The van der Waals surface area contributed by atoms with E-state index in [0.717, 1.165) is 21.2 Å². The van der Waals surface area contributed by atoms with Crippen molar-refractivity contribution in [2.24, 2.45) is 17.8 Å². The molecular weight excluding hydrogens is 346 g/mol. The molecule has 0 unspecified atom stereocenters. The van der Waals surface area contributed by atoms with Crippen LogP contribution in [-0.4, -0.2) is 15.0 Å². The number of nitrogens with one attached hydrogen (secondary N) is 1. The van der Waals surface area contributed by atoms with Gasteiger partial charge in [-0.2, -0.15) is 0 Å². The zero-order valence-corrected chi connectivity index (χ0v) is 14.1. The summed E-state index contributed by atoms with van der Waals surface area (Å²) in [6.07, 6.45) is 5.14. The van der Waals surface area contributed by atoms with Gasteiger partial charge in [0.05, 0.1) is 3.79 Å². The molecule has 0 atom stereocenters. The minimum atomic E-state index is -3.33. The van der Waals surface area contributed by atoms with Crippen molar-refractivity contribution in [3.63, 3.8) is 0 Å². The summed E-state index contributed by atoms with van der Waals surface area (Å²) in [7, 11) is -3.33. The van der Waals surface area contributed by atoms with Crippen LogP contribution in [0.3, 0.4) is 0 Å². The van der Waals surface area contributed by atoms with Crippen molar-refractivity contribution in [3.05, 3.63) is 15.4 Å². The van der Waals surface area contributed by atoms with Crippen molar-refractivity contribution in [1.29, 1.82) is 0 Å². The highest BCUT2D eigenvalue weighted by Crippen LogP contribution is 2.49. The molecule has 3 rings (SSSR count). The van der Waals surface area contributed by atoms with Gasteiger partial charge >= 0.3 is 0 Å². The number of halogens is 1. The topological polar surface area (TPSA) is 46.2 Å². The van der Waals surface area contributed by atoms with Gasteiger partial charge in [0.2, 0.25) is 10.0 Å². The molecule has 0 spiro atoms. The Bertz CT molecular complexity index is 542. The van der Waals surface area contributed by atoms with Gasteiger partial charge in [0, 0.05) is 6.54 Å². The Labute approximate surface area is 127 Å². The lowest BCUT2D eigenvalue weighted by Gasteiger charge is -2.15. The second-order valence-electron chi connectivity index (χ2n) is 5.71. The number of thiophene rings is 1. The molecule has 6 heteroatoms. The van der Waals surface area contributed by atoms with Crippen LogP contribution in [0.25, 0.3) is 0 Å². The van der Waals surface area contributed by atoms with Gasteiger partial charge < -0.3 is 0 Å². The Balaban J connectivity index is 1.67. The lowest BCUT2D eigenvalue weighted by atomic mass is 9.99. The molecule has 0 bridgehead atoms. The highest BCUT2D eigenvalue weighted by atomic mass is 79.9. The predicted octanol–water partition coefficient (Wildman–Crippen LogP) is 3.53. The molecule has 0 aromatic carbocycles. The van der Waals surface area contributed by atoms with E-state index in [1.54, 1.807) is 6.07 Å². The highest BCUT2D eigenvalue weighted by molar-refractivity contribution is 9.11. The number of hydrogen-bond acceptors (Lipinski definition) is 3. The van der Waals surface area contributed by atoms with Gasteiger partial charge in [0.25, 0.3) is 0 Å². The maximum absolute atomic E-state index is 12.3. The van der Waals surface area contributed by atoms with Gasteiger partial charge in [-0.15, -0.1) is 11.3 Å². The average Bonchev–Trinajstić information content (AvgIpc) is 3.22. The summed E-state index contributed by atoms with van der Waals surface area (Å²) in [5.41, 5.74) is 0.978. The molecule has 2 aliphatic carbocycles. The largest absolute Gasteiger partial charge is 0.250 e. The molecule has 106 valence electrons. The van der Waals surface area contributed by atoms with Crippen molar-refractivity contribution in [3.8, 4) is 0 Å². The van der Waals surface area contributed by atoms with Crippen LogP contribution in [0.1, 0.15) is 31.2 Å². The molecule has 1 aromatic rings. The molecule has 0 amide bonds. The first-order valence-corrected chi connectivity index (χ1v) is 9.82. The van der Waals surface area contributed by atoms with Crippen LogP contribution < -0.4 is 4.72 Å². The standard InChI is InChI=1S/C13H18BrNO2S2/c1-8-6-12(18-13(8)14)19(16,17)15-7-11(9-2-3-9)10-4-5-10/h6,9-11,15H,2-5,7H2,1H3. The molecule has 2 saturated carbocycles. The maximum Gasteiger partial charge on any atom is 0.250 e. The zero-order chi connectivity index (χ0) is 13.6. The first-order chi connectivity index (χ1) is 8.97. The molecule has 0 aliphatic heterocycles. The molecule has 2 aliphatic rings. The molecule has 0 radical (unpaired) electrons. The van der Waals surface area contributed by atoms with Crippen LogP contribution in [-0.2, 0) is 10.0 Å². The maximum atomic E-state index is 12.3. The fourth-order valence-electron chi connectivity index (χ4n) is 2.61. The third-order valence-corrected chi connectivity index (χ3v) is 8.10. The van der Waals surface area contributed by atoms with Gasteiger partial charge in [0.1, 0.15) is 4.21 Å². The summed E-state index contributed by atoms with van der Waals surface area (Å²) < 4.78 is 28.7. The van der Waals surface area contributed by atoms with Gasteiger partial charge in [-0.25, -0.2) is 13.1 Å². The fraction of sp³-hybridized carbons (Fsp3) is 0.692. The number of rotatable bonds is 6. The van der Waals surface area contributed by atoms with E-state index in [-0.39, 0.29) is 0 Å². The summed E-state index contributed by atoms with van der Waals surface area (Å²) in [5.74, 6) is 2.11. The van der Waals surface area contributed by atoms with E-state index in [1.165, 1.54) is 37.0 Å². The normalized spacial score (nSPS) is 20.2. The molecule has 3 nitrogen and oxygen atoms in total. The Morgan fingerprint density at radius 1 is 1.37 bits per heavy atom. The number of sulfonamides is 1. The van der Waals surface area contributed by atoms with Crippen molar-refractivity contribution < 1.29 is 8.42 Å².